The fourth-order valence-electron chi connectivity index (χ4n) is 2.96. The van der Waals surface area contributed by atoms with Gasteiger partial charge in [-0.1, -0.05) is 24.3 Å². The summed E-state index contributed by atoms with van der Waals surface area (Å²) in [5.41, 5.74) is 3.73. The number of para-hydroxylation sites is 1. The summed E-state index contributed by atoms with van der Waals surface area (Å²) < 4.78 is 1.95. The molecule has 1 aliphatic heterocycles. The third-order valence-corrected chi connectivity index (χ3v) is 4.20. The third kappa shape index (κ3) is 2.26. The van der Waals surface area contributed by atoms with Gasteiger partial charge in [0.2, 0.25) is 0 Å². The van der Waals surface area contributed by atoms with Crippen molar-refractivity contribution in [3.63, 3.8) is 0 Å². The summed E-state index contributed by atoms with van der Waals surface area (Å²) in [6.07, 6.45) is 5.24. The number of hydrogen-bond donors (Lipinski definition) is 1. The van der Waals surface area contributed by atoms with Crippen LogP contribution in [0.25, 0.3) is 5.69 Å². The van der Waals surface area contributed by atoms with Crippen molar-refractivity contribution in [2.75, 3.05) is 11.9 Å². The topological polar surface area (TPSA) is 50.2 Å². The summed E-state index contributed by atoms with van der Waals surface area (Å²) in [4.78, 5) is 18.5. The number of anilines is 1. The molecule has 2 heterocycles. The predicted octanol–water partition coefficient (Wildman–Crippen LogP) is 2.75. The lowest BCUT2D eigenvalue weighted by Gasteiger charge is -2.36. The minimum Gasteiger partial charge on any atom is -0.350 e. The number of carbonyl (C=O) groups excluding carboxylic acids is 1. The van der Waals surface area contributed by atoms with E-state index in [1.54, 1.807) is 12.5 Å². The highest BCUT2D eigenvalue weighted by atomic mass is 16.2. The van der Waals surface area contributed by atoms with Gasteiger partial charge in [-0.15, -0.1) is 0 Å². The number of benzene rings is 2. The number of imidazole rings is 1. The summed E-state index contributed by atoms with van der Waals surface area (Å²) in [6, 6.07) is 15.8. The average molecular weight is 304 g/mol. The van der Waals surface area contributed by atoms with Crippen molar-refractivity contribution in [1.29, 1.82) is 0 Å². The van der Waals surface area contributed by atoms with E-state index in [0.717, 1.165) is 16.9 Å². The zero-order chi connectivity index (χ0) is 15.8. The Balaban J connectivity index is 1.67. The second kappa shape index (κ2) is 5.28. The highest BCUT2D eigenvalue weighted by molar-refractivity contribution is 6.01. The molecule has 0 spiro atoms. The molecule has 1 atom stereocenters. The maximum absolute atomic E-state index is 12.3. The Kier molecular flexibility index (Phi) is 3.12. The van der Waals surface area contributed by atoms with Crippen molar-refractivity contribution in [3.8, 4) is 5.69 Å². The number of nitrogens with zero attached hydrogens (tertiary/aromatic N) is 3. The van der Waals surface area contributed by atoms with Crippen LogP contribution in [0.1, 0.15) is 22.1 Å². The standard InChI is InChI=1S/C18H16N4O/c1-21-16-5-3-2-4-15(16)18(23)20-17(21)13-6-8-14(9-7-13)22-11-10-19-12-22/h2-12,17H,1H3,(H,20,23). The Morgan fingerprint density at radius 1 is 1.09 bits per heavy atom. The van der Waals surface area contributed by atoms with E-state index in [1.165, 1.54) is 0 Å². The quantitative estimate of drug-likeness (QED) is 0.792. The Morgan fingerprint density at radius 3 is 2.61 bits per heavy atom. The summed E-state index contributed by atoms with van der Waals surface area (Å²) in [6.45, 7) is 0. The first-order valence-corrected chi connectivity index (χ1v) is 7.45. The monoisotopic (exact) mass is 304 g/mol. The van der Waals surface area contributed by atoms with Crippen LogP contribution in [0.15, 0.2) is 67.3 Å². The second-order valence-corrected chi connectivity index (χ2v) is 5.57. The Labute approximate surface area is 134 Å². The molecule has 1 aromatic heterocycles. The van der Waals surface area contributed by atoms with Crippen molar-refractivity contribution in [2.45, 2.75) is 6.17 Å². The molecule has 2 aromatic carbocycles. The molecule has 1 aliphatic rings. The summed E-state index contributed by atoms with van der Waals surface area (Å²) in [5, 5.41) is 3.06. The van der Waals surface area contributed by atoms with E-state index < -0.39 is 0 Å². The first-order chi connectivity index (χ1) is 11.2. The fraction of sp³-hybridized carbons (Fsp3) is 0.111. The van der Waals surface area contributed by atoms with E-state index >= 15 is 0 Å². The maximum atomic E-state index is 12.3. The number of fused-ring (bicyclic) bond motifs is 1. The van der Waals surface area contributed by atoms with Crippen LogP contribution in [0.4, 0.5) is 5.69 Å². The third-order valence-electron chi connectivity index (χ3n) is 4.20. The van der Waals surface area contributed by atoms with Crippen LogP contribution in [0.2, 0.25) is 0 Å². The molecule has 1 amide bonds. The Morgan fingerprint density at radius 2 is 1.87 bits per heavy atom. The van der Waals surface area contributed by atoms with Gasteiger partial charge in [0.05, 0.1) is 17.6 Å². The molecular formula is C18H16N4O. The van der Waals surface area contributed by atoms with Crippen LogP contribution >= 0.6 is 0 Å². The summed E-state index contributed by atoms with van der Waals surface area (Å²) in [5.74, 6) is -0.0395. The number of amides is 1. The molecule has 5 nitrogen and oxygen atoms in total. The molecule has 0 aliphatic carbocycles. The number of rotatable bonds is 2. The van der Waals surface area contributed by atoms with E-state index in [4.69, 9.17) is 0 Å². The largest absolute Gasteiger partial charge is 0.350 e. The number of aromatic nitrogens is 2. The van der Waals surface area contributed by atoms with Crippen molar-refractivity contribution in [1.82, 2.24) is 14.9 Å². The normalized spacial score (nSPS) is 16.8. The van der Waals surface area contributed by atoms with E-state index in [1.807, 2.05) is 66.3 Å². The van der Waals surface area contributed by atoms with E-state index in [2.05, 4.69) is 15.2 Å². The van der Waals surface area contributed by atoms with Crippen LogP contribution < -0.4 is 10.2 Å². The summed E-state index contributed by atoms with van der Waals surface area (Å²) >= 11 is 0. The molecule has 5 heteroatoms. The smallest absolute Gasteiger partial charge is 0.255 e. The molecular weight excluding hydrogens is 288 g/mol. The van der Waals surface area contributed by atoms with E-state index in [-0.39, 0.29) is 12.1 Å². The highest BCUT2D eigenvalue weighted by Crippen LogP contribution is 2.31. The van der Waals surface area contributed by atoms with Crippen molar-refractivity contribution in [3.05, 3.63) is 78.4 Å². The van der Waals surface area contributed by atoms with Gasteiger partial charge in [-0.05, 0) is 29.8 Å². The molecule has 0 fully saturated rings. The van der Waals surface area contributed by atoms with Gasteiger partial charge in [-0.3, -0.25) is 4.79 Å². The second-order valence-electron chi connectivity index (χ2n) is 5.57. The van der Waals surface area contributed by atoms with Crippen LogP contribution in [-0.4, -0.2) is 22.5 Å². The molecule has 114 valence electrons. The molecule has 0 radical (unpaired) electrons. The maximum Gasteiger partial charge on any atom is 0.255 e. The molecule has 23 heavy (non-hydrogen) atoms. The molecule has 0 bridgehead atoms. The lowest BCUT2D eigenvalue weighted by molar-refractivity contribution is 0.0928. The zero-order valence-electron chi connectivity index (χ0n) is 12.7. The minimum absolute atomic E-state index is 0.0395. The lowest BCUT2D eigenvalue weighted by atomic mass is 10.0. The van der Waals surface area contributed by atoms with Gasteiger partial charge in [0.25, 0.3) is 5.91 Å². The van der Waals surface area contributed by atoms with Crippen LogP contribution in [-0.2, 0) is 0 Å². The van der Waals surface area contributed by atoms with Crippen molar-refractivity contribution < 1.29 is 4.79 Å². The molecule has 1 N–H and O–H groups in total. The van der Waals surface area contributed by atoms with Gasteiger partial charge in [0.15, 0.2) is 0 Å². The van der Waals surface area contributed by atoms with Crippen molar-refractivity contribution in [2.24, 2.45) is 0 Å². The van der Waals surface area contributed by atoms with Gasteiger partial charge in [0, 0.05) is 25.1 Å². The minimum atomic E-state index is -0.172. The van der Waals surface area contributed by atoms with Crippen LogP contribution in [0.3, 0.4) is 0 Å². The molecule has 4 rings (SSSR count). The average Bonchev–Trinajstić information content (AvgIpc) is 3.13. The highest BCUT2D eigenvalue weighted by Gasteiger charge is 2.28. The molecule has 0 saturated heterocycles. The van der Waals surface area contributed by atoms with E-state index in [0.29, 0.717) is 5.56 Å². The molecule has 3 aromatic rings. The zero-order valence-corrected chi connectivity index (χ0v) is 12.7. The first-order valence-electron chi connectivity index (χ1n) is 7.45. The Bertz CT molecular complexity index is 840. The molecule has 0 saturated carbocycles. The first kappa shape index (κ1) is 13.6. The lowest BCUT2D eigenvalue weighted by Crippen LogP contribution is -2.44. The Hall–Kier alpha value is -3.08. The van der Waals surface area contributed by atoms with Gasteiger partial charge >= 0.3 is 0 Å². The van der Waals surface area contributed by atoms with Gasteiger partial charge in [0.1, 0.15) is 6.17 Å². The van der Waals surface area contributed by atoms with Gasteiger partial charge in [-0.2, -0.15) is 0 Å². The van der Waals surface area contributed by atoms with Crippen LogP contribution in [0, 0.1) is 0 Å². The number of hydrogen-bond acceptors (Lipinski definition) is 3. The number of carbonyl (C=O) groups is 1. The predicted molar refractivity (Wildman–Crippen MR) is 88.6 cm³/mol. The van der Waals surface area contributed by atoms with E-state index in [9.17, 15) is 4.79 Å². The molecule has 1 unspecified atom stereocenters. The fourth-order valence-corrected chi connectivity index (χ4v) is 2.96. The summed E-state index contributed by atoms with van der Waals surface area (Å²) in [7, 11) is 1.99. The van der Waals surface area contributed by atoms with Gasteiger partial charge < -0.3 is 14.8 Å². The van der Waals surface area contributed by atoms with Crippen molar-refractivity contribution >= 4 is 11.6 Å². The SMILES string of the molecule is CN1c2ccccc2C(=O)NC1c1ccc(-n2ccnc2)cc1. The van der Waals surface area contributed by atoms with Crippen LogP contribution in [0.5, 0.6) is 0 Å². The van der Waals surface area contributed by atoms with Gasteiger partial charge in [-0.25, -0.2) is 4.98 Å². The number of nitrogens with one attached hydrogen (secondary N) is 1.